The second-order valence-electron chi connectivity index (χ2n) is 6.16. The summed E-state index contributed by atoms with van der Waals surface area (Å²) in [5.41, 5.74) is 3.36. The van der Waals surface area contributed by atoms with E-state index in [0.717, 1.165) is 34.0 Å². The molecule has 1 aliphatic heterocycles. The molecule has 4 rings (SSSR count). The molecule has 7 nitrogen and oxygen atoms in total. The highest BCUT2D eigenvalue weighted by molar-refractivity contribution is 7.98. The van der Waals surface area contributed by atoms with Crippen LogP contribution >= 0.6 is 23.4 Å². The van der Waals surface area contributed by atoms with Crippen LogP contribution in [0.3, 0.4) is 0 Å². The lowest BCUT2D eigenvalue weighted by atomic mass is 10.2. The van der Waals surface area contributed by atoms with Gasteiger partial charge in [-0.1, -0.05) is 23.7 Å². The second kappa shape index (κ2) is 8.04. The molecule has 3 aromatic rings. The van der Waals surface area contributed by atoms with Crippen molar-refractivity contribution in [3.8, 4) is 5.69 Å². The third kappa shape index (κ3) is 3.88. The van der Waals surface area contributed by atoms with Crippen LogP contribution in [0.1, 0.15) is 16.8 Å². The molecule has 0 saturated heterocycles. The van der Waals surface area contributed by atoms with Crippen LogP contribution in [0.4, 0.5) is 5.82 Å². The number of amides is 2. The van der Waals surface area contributed by atoms with Gasteiger partial charge in [0.05, 0.1) is 11.4 Å². The van der Waals surface area contributed by atoms with Gasteiger partial charge in [0.1, 0.15) is 5.82 Å². The Balaban J connectivity index is 1.54. The van der Waals surface area contributed by atoms with Crippen LogP contribution in [0.25, 0.3) is 5.69 Å². The van der Waals surface area contributed by atoms with E-state index in [9.17, 15) is 9.59 Å². The number of fused-ring (bicyclic) bond motifs is 1. The van der Waals surface area contributed by atoms with Gasteiger partial charge in [0.25, 0.3) is 0 Å². The summed E-state index contributed by atoms with van der Waals surface area (Å²) in [7, 11) is 0. The smallest absolute Gasteiger partial charge is 0.314 e. The summed E-state index contributed by atoms with van der Waals surface area (Å²) in [6.07, 6.45) is 3.28. The van der Waals surface area contributed by atoms with Crippen molar-refractivity contribution in [2.75, 3.05) is 5.32 Å². The van der Waals surface area contributed by atoms with E-state index < -0.39 is 11.8 Å². The molecule has 0 aliphatic carbocycles. The van der Waals surface area contributed by atoms with Gasteiger partial charge >= 0.3 is 11.8 Å². The van der Waals surface area contributed by atoms with Crippen molar-refractivity contribution in [3.63, 3.8) is 0 Å². The van der Waals surface area contributed by atoms with Crippen molar-refractivity contribution < 1.29 is 9.59 Å². The SMILES string of the molecule is O=C(NCc1cccnc1)C(=O)Nc1c2c(nn1-c1cccc(Cl)c1)CSC2. The maximum Gasteiger partial charge on any atom is 0.314 e. The van der Waals surface area contributed by atoms with Gasteiger partial charge in [-0.15, -0.1) is 0 Å². The fourth-order valence-corrected chi connectivity index (χ4v) is 4.09. The van der Waals surface area contributed by atoms with E-state index in [2.05, 4.69) is 20.7 Å². The van der Waals surface area contributed by atoms with Crippen molar-refractivity contribution in [1.82, 2.24) is 20.1 Å². The molecule has 0 radical (unpaired) electrons. The molecule has 142 valence electrons. The minimum Gasteiger partial charge on any atom is -0.344 e. The van der Waals surface area contributed by atoms with E-state index in [1.54, 1.807) is 47.0 Å². The molecule has 0 spiro atoms. The number of anilines is 1. The van der Waals surface area contributed by atoms with E-state index in [0.29, 0.717) is 10.8 Å². The Labute approximate surface area is 170 Å². The summed E-state index contributed by atoms with van der Waals surface area (Å²) in [5, 5.41) is 10.5. The molecule has 0 unspecified atom stereocenters. The third-order valence-corrected chi connectivity index (χ3v) is 5.42. The molecule has 0 saturated carbocycles. The molecular weight excluding hydrogens is 398 g/mol. The van der Waals surface area contributed by atoms with Crippen LogP contribution in [-0.2, 0) is 27.6 Å². The maximum atomic E-state index is 12.5. The van der Waals surface area contributed by atoms with Gasteiger partial charge in [-0.2, -0.15) is 16.9 Å². The molecule has 9 heteroatoms. The highest BCUT2D eigenvalue weighted by Gasteiger charge is 2.26. The number of thioether (sulfide) groups is 1. The second-order valence-corrected chi connectivity index (χ2v) is 7.58. The summed E-state index contributed by atoms with van der Waals surface area (Å²) in [4.78, 5) is 28.7. The zero-order valence-electron chi connectivity index (χ0n) is 14.7. The minimum atomic E-state index is -0.744. The van der Waals surface area contributed by atoms with E-state index in [4.69, 9.17) is 11.6 Å². The Morgan fingerprint density at radius 2 is 2.07 bits per heavy atom. The first-order valence-corrected chi connectivity index (χ1v) is 10.1. The molecule has 28 heavy (non-hydrogen) atoms. The zero-order chi connectivity index (χ0) is 19.5. The molecule has 2 aromatic heterocycles. The fourth-order valence-electron chi connectivity index (χ4n) is 2.87. The van der Waals surface area contributed by atoms with Gasteiger partial charge in [-0.25, -0.2) is 4.68 Å². The highest BCUT2D eigenvalue weighted by atomic mass is 35.5. The molecule has 1 aromatic carbocycles. The Morgan fingerprint density at radius 1 is 1.18 bits per heavy atom. The van der Waals surface area contributed by atoms with Gasteiger partial charge in [0, 0.05) is 41.0 Å². The zero-order valence-corrected chi connectivity index (χ0v) is 16.3. The topological polar surface area (TPSA) is 88.9 Å². The maximum absolute atomic E-state index is 12.5. The van der Waals surface area contributed by atoms with Crippen LogP contribution in [0.5, 0.6) is 0 Å². The predicted octanol–water partition coefficient (Wildman–Crippen LogP) is 2.92. The Bertz CT molecular complexity index is 1040. The van der Waals surface area contributed by atoms with E-state index in [1.165, 1.54) is 0 Å². The van der Waals surface area contributed by atoms with E-state index in [-0.39, 0.29) is 6.54 Å². The summed E-state index contributed by atoms with van der Waals surface area (Å²) >= 11 is 7.81. The average Bonchev–Trinajstić information content (AvgIpc) is 3.29. The van der Waals surface area contributed by atoms with Crippen LogP contribution in [-0.4, -0.2) is 26.6 Å². The first kappa shape index (κ1) is 18.5. The average molecular weight is 414 g/mol. The van der Waals surface area contributed by atoms with Crippen LogP contribution < -0.4 is 10.6 Å². The fraction of sp³-hybridized carbons (Fsp3) is 0.158. The lowest BCUT2D eigenvalue weighted by Gasteiger charge is -2.11. The first-order chi connectivity index (χ1) is 13.6. The number of carbonyl (C=O) groups is 2. The van der Waals surface area contributed by atoms with Crippen molar-refractivity contribution in [1.29, 1.82) is 0 Å². The van der Waals surface area contributed by atoms with Crippen molar-refractivity contribution in [2.24, 2.45) is 0 Å². The third-order valence-electron chi connectivity index (χ3n) is 4.22. The van der Waals surface area contributed by atoms with Crippen LogP contribution in [0.15, 0.2) is 48.8 Å². The summed E-state index contributed by atoms with van der Waals surface area (Å²) in [5.74, 6) is 0.527. The standard InChI is InChI=1S/C19H16ClN5O2S/c20-13-4-1-5-14(7-13)25-17(15-10-28-11-16(15)24-25)23-19(27)18(26)22-9-12-3-2-6-21-8-12/h1-8H,9-11H2,(H,22,26)(H,23,27). The molecule has 2 amide bonds. The summed E-state index contributed by atoms with van der Waals surface area (Å²) < 4.78 is 1.63. The van der Waals surface area contributed by atoms with E-state index in [1.807, 2.05) is 18.2 Å². The van der Waals surface area contributed by atoms with Gasteiger partial charge in [-0.3, -0.25) is 14.6 Å². The predicted molar refractivity (Wildman–Crippen MR) is 108 cm³/mol. The normalized spacial score (nSPS) is 12.5. The molecule has 0 bridgehead atoms. The number of carbonyl (C=O) groups excluding carboxylic acids is 2. The first-order valence-electron chi connectivity index (χ1n) is 8.54. The monoisotopic (exact) mass is 413 g/mol. The van der Waals surface area contributed by atoms with Gasteiger partial charge < -0.3 is 10.6 Å². The number of hydrogen-bond acceptors (Lipinski definition) is 5. The quantitative estimate of drug-likeness (QED) is 0.642. The molecule has 2 N–H and O–H groups in total. The van der Waals surface area contributed by atoms with Crippen molar-refractivity contribution >= 4 is 41.0 Å². The number of aromatic nitrogens is 3. The summed E-state index contributed by atoms with van der Waals surface area (Å²) in [6.45, 7) is 0.224. The van der Waals surface area contributed by atoms with Crippen molar-refractivity contribution in [2.45, 2.75) is 18.1 Å². The van der Waals surface area contributed by atoms with Crippen LogP contribution in [0, 0.1) is 0 Å². The van der Waals surface area contributed by atoms with Gasteiger partial charge in [0.2, 0.25) is 0 Å². The van der Waals surface area contributed by atoms with E-state index >= 15 is 0 Å². The number of pyridine rings is 1. The lowest BCUT2D eigenvalue weighted by Crippen LogP contribution is -2.35. The molecular formula is C19H16ClN5O2S. The summed E-state index contributed by atoms with van der Waals surface area (Å²) in [6, 6.07) is 10.8. The number of nitrogens with zero attached hydrogens (tertiary/aromatic N) is 3. The molecule has 1 aliphatic rings. The van der Waals surface area contributed by atoms with Gasteiger partial charge in [0.15, 0.2) is 0 Å². The van der Waals surface area contributed by atoms with Crippen molar-refractivity contribution in [3.05, 3.63) is 70.6 Å². The number of hydrogen-bond donors (Lipinski definition) is 2. The largest absolute Gasteiger partial charge is 0.344 e. The molecule has 3 heterocycles. The molecule has 0 atom stereocenters. The molecule has 0 fully saturated rings. The number of benzene rings is 1. The van der Waals surface area contributed by atoms with Crippen LogP contribution in [0.2, 0.25) is 5.02 Å². The number of rotatable bonds is 4. The Kier molecular flexibility index (Phi) is 5.31. The van der Waals surface area contributed by atoms with Gasteiger partial charge in [-0.05, 0) is 29.8 Å². The highest BCUT2D eigenvalue weighted by Crippen LogP contribution is 2.36. The Morgan fingerprint density at radius 3 is 2.86 bits per heavy atom. The number of halogens is 1. The number of nitrogens with one attached hydrogen (secondary N) is 2. The minimum absolute atomic E-state index is 0.224. The Hall–Kier alpha value is -2.84. The lowest BCUT2D eigenvalue weighted by molar-refractivity contribution is -0.136.